The van der Waals surface area contributed by atoms with E-state index in [1.54, 1.807) is 12.1 Å². The zero-order valence-electron chi connectivity index (χ0n) is 14.0. The number of nitrogens with two attached hydrogens (primary N) is 1. The Kier molecular flexibility index (Phi) is 5.00. The standard InChI is InChI=1S/C21H20N2O2/c1-15(16-8-3-2-4-9-16)25-18-11-7-10-17(14-18)23-20-13-6-5-12-19(20)21(22)24/h2-15,23H,1H3,(H2,22,24). The normalized spacial score (nSPS) is 11.6. The third-order valence-electron chi connectivity index (χ3n) is 3.89. The predicted octanol–water partition coefficient (Wildman–Crippen LogP) is 4.67. The summed E-state index contributed by atoms with van der Waals surface area (Å²) in [6.07, 6.45) is -0.0608. The molecule has 1 amide bonds. The molecule has 126 valence electrons. The molecule has 0 aliphatic carbocycles. The minimum Gasteiger partial charge on any atom is -0.486 e. The first kappa shape index (κ1) is 16.6. The molecule has 1 atom stereocenters. The van der Waals surface area contributed by atoms with Crippen LogP contribution in [-0.4, -0.2) is 5.91 Å². The van der Waals surface area contributed by atoms with Crippen LogP contribution in [0, 0.1) is 0 Å². The number of nitrogens with one attached hydrogen (secondary N) is 1. The number of rotatable bonds is 6. The van der Waals surface area contributed by atoms with Gasteiger partial charge in [-0.15, -0.1) is 0 Å². The Morgan fingerprint density at radius 2 is 1.68 bits per heavy atom. The average Bonchev–Trinajstić information content (AvgIpc) is 2.63. The lowest BCUT2D eigenvalue weighted by Gasteiger charge is -2.16. The van der Waals surface area contributed by atoms with Crippen LogP contribution in [-0.2, 0) is 0 Å². The van der Waals surface area contributed by atoms with Gasteiger partial charge in [0.05, 0.1) is 11.3 Å². The van der Waals surface area contributed by atoms with Gasteiger partial charge in [-0.05, 0) is 36.8 Å². The summed E-state index contributed by atoms with van der Waals surface area (Å²) in [6, 6.07) is 24.8. The molecule has 0 radical (unpaired) electrons. The molecule has 3 aromatic rings. The maximum absolute atomic E-state index is 11.5. The van der Waals surface area contributed by atoms with Gasteiger partial charge in [-0.25, -0.2) is 0 Å². The van der Waals surface area contributed by atoms with Crippen LogP contribution >= 0.6 is 0 Å². The summed E-state index contributed by atoms with van der Waals surface area (Å²) in [4.78, 5) is 11.5. The van der Waals surface area contributed by atoms with Gasteiger partial charge in [-0.2, -0.15) is 0 Å². The van der Waals surface area contributed by atoms with E-state index in [0.717, 1.165) is 17.0 Å². The van der Waals surface area contributed by atoms with Crippen LogP contribution in [0.3, 0.4) is 0 Å². The highest BCUT2D eigenvalue weighted by molar-refractivity contribution is 5.99. The van der Waals surface area contributed by atoms with Crippen LogP contribution < -0.4 is 15.8 Å². The molecule has 0 aromatic heterocycles. The maximum atomic E-state index is 11.5. The Labute approximate surface area is 147 Å². The number of primary amides is 1. The molecule has 3 rings (SSSR count). The number of hydrogen-bond acceptors (Lipinski definition) is 3. The lowest BCUT2D eigenvalue weighted by atomic mass is 10.1. The SMILES string of the molecule is CC(Oc1cccc(Nc2ccccc2C(N)=O)c1)c1ccccc1. The number of hydrogen-bond donors (Lipinski definition) is 2. The van der Waals surface area contributed by atoms with E-state index < -0.39 is 5.91 Å². The second-order valence-corrected chi connectivity index (χ2v) is 5.73. The van der Waals surface area contributed by atoms with Crippen molar-refractivity contribution in [3.05, 3.63) is 90.0 Å². The Hall–Kier alpha value is -3.27. The summed E-state index contributed by atoms with van der Waals surface area (Å²) in [5.74, 6) is 0.283. The molecule has 0 aliphatic rings. The van der Waals surface area contributed by atoms with E-state index in [1.807, 2.05) is 73.7 Å². The molecule has 0 heterocycles. The van der Waals surface area contributed by atoms with Crippen LogP contribution in [0.5, 0.6) is 5.75 Å². The van der Waals surface area contributed by atoms with Gasteiger partial charge < -0.3 is 15.8 Å². The van der Waals surface area contributed by atoms with Crippen molar-refractivity contribution in [3.8, 4) is 5.75 Å². The van der Waals surface area contributed by atoms with E-state index in [-0.39, 0.29) is 6.10 Å². The van der Waals surface area contributed by atoms with Crippen molar-refractivity contribution in [2.45, 2.75) is 13.0 Å². The maximum Gasteiger partial charge on any atom is 0.250 e. The van der Waals surface area contributed by atoms with Gasteiger partial charge in [0.2, 0.25) is 0 Å². The van der Waals surface area contributed by atoms with Gasteiger partial charge in [-0.3, -0.25) is 4.79 Å². The van der Waals surface area contributed by atoms with Crippen LogP contribution in [0.2, 0.25) is 0 Å². The van der Waals surface area contributed by atoms with Gasteiger partial charge in [0.1, 0.15) is 11.9 Å². The minimum absolute atomic E-state index is 0.0608. The number of carbonyl (C=O) groups excluding carboxylic acids is 1. The van der Waals surface area contributed by atoms with E-state index in [0.29, 0.717) is 11.3 Å². The van der Waals surface area contributed by atoms with E-state index in [4.69, 9.17) is 10.5 Å². The van der Waals surface area contributed by atoms with Crippen molar-refractivity contribution in [1.29, 1.82) is 0 Å². The number of amides is 1. The van der Waals surface area contributed by atoms with Crippen molar-refractivity contribution < 1.29 is 9.53 Å². The minimum atomic E-state index is -0.465. The first-order valence-electron chi connectivity index (χ1n) is 8.11. The third-order valence-corrected chi connectivity index (χ3v) is 3.89. The summed E-state index contributed by atoms with van der Waals surface area (Å²) in [6.45, 7) is 2.01. The Morgan fingerprint density at radius 1 is 0.960 bits per heavy atom. The fourth-order valence-corrected chi connectivity index (χ4v) is 2.61. The fraction of sp³-hybridized carbons (Fsp3) is 0.0952. The molecule has 0 spiro atoms. The lowest BCUT2D eigenvalue weighted by Crippen LogP contribution is -2.13. The van der Waals surface area contributed by atoms with Crippen molar-refractivity contribution in [2.24, 2.45) is 5.73 Å². The lowest BCUT2D eigenvalue weighted by molar-refractivity contribution is 0.100. The number of para-hydroxylation sites is 1. The summed E-state index contributed by atoms with van der Waals surface area (Å²) in [7, 11) is 0. The van der Waals surface area contributed by atoms with Crippen LogP contribution in [0.25, 0.3) is 0 Å². The van der Waals surface area contributed by atoms with Crippen molar-refractivity contribution in [3.63, 3.8) is 0 Å². The topological polar surface area (TPSA) is 64.3 Å². The van der Waals surface area contributed by atoms with Gasteiger partial charge in [-0.1, -0.05) is 48.5 Å². The molecule has 4 nitrogen and oxygen atoms in total. The van der Waals surface area contributed by atoms with Gasteiger partial charge in [0.15, 0.2) is 0 Å². The molecule has 0 aliphatic heterocycles. The highest BCUT2D eigenvalue weighted by Crippen LogP contribution is 2.27. The van der Waals surface area contributed by atoms with Crippen LogP contribution in [0.4, 0.5) is 11.4 Å². The van der Waals surface area contributed by atoms with Gasteiger partial charge in [0.25, 0.3) is 5.91 Å². The molecule has 3 aromatic carbocycles. The molecule has 25 heavy (non-hydrogen) atoms. The number of carbonyl (C=O) groups is 1. The van der Waals surface area contributed by atoms with Crippen LogP contribution in [0.15, 0.2) is 78.9 Å². The second-order valence-electron chi connectivity index (χ2n) is 5.73. The van der Waals surface area contributed by atoms with E-state index in [9.17, 15) is 4.79 Å². The summed E-state index contributed by atoms with van der Waals surface area (Å²) < 4.78 is 6.02. The predicted molar refractivity (Wildman–Crippen MR) is 100 cm³/mol. The molecule has 0 fully saturated rings. The summed E-state index contributed by atoms with van der Waals surface area (Å²) in [5.41, 5.74) is 8.48. The molecule has 4 heteroatoms. The third kappa shape index (κ3) is 4.18. The molecular formula is C21H20N2O2. The zero-order chi connectivity index (χ0) is 17.6. The highest BCUT2D eigenvalue weighted by Gasteiger charge is 2.09. The van der Waals surface area contributed by atoms with Gasteiger partial charge >= 0.3 is 0 Å². The number of benzene rings is 3. The van der Waals surface area contributed by atoms with Crippen molar-refractivity contribution >= 4 is 17.3 Å². The largest absolute Gasteiger partial charge is 0.486 e. The van der Waals surface area contributed by atoms with E-state index >= 15 is 0 Å². The van der Waals surface area contributed by atoms with Crippen molar-refractivity contribution in [2.75, 3.05) is 5.32 Å². The van der Waals surface area contributed by atoms with E-state index in [2.05, 4.69) is 5.32 Å². The average molecular weight is 332 g/mol. The molecular weight excluding hydrogens is 312 g/mol. The Balaban J connectivity index is 1.77. The number of anilines is 2. The Bertz CT molecular complexity index is 863. The quantitative estimate of drug-likeness (QED) is 0.689. The molecule has 0 saturated heterocycles. The molecule has 1 unspecified atom stereocenters. The molecule has 0 saturated carbocycles. The summed E-state index contributed by atoms with van der Waals surface area (Å²) in [5, 5.41) is 3.23. The van der Waals surface area contributed by atoms with Crippen LogP contribution in [0.1, 0.15) is 28.9 Å². The summed E-state index contributed by atoms with van der Waals surface area (Å²) >= 11 is 0. The first-order chi connectivity index (χ1) is 12.1. The first-order valence-corrected chi connectivity index (χ1v) is 8.11. The monoisotopic (exact) mass is 332 g/mol. The van der Waals surface area contributed by atoms with Crippen molar-refractivity contribution in [1.82, 2.24) is 0 Å². The van der Waals surface area contributed by atoms with Gasteiger partial charge in [0, 0.05) is 11.8 Å². The highest BCUT2D eigenvalue weighted by atomic mass is 16.5. The van der Waals surface area contributed by atoms with E-state index in [1.165, 1.54) is 0 Å². The Morgan fingerprint density at radius 3 is 2.44 bits per heavy atom. The molecule has 0 bridgehead atoms. The smallest absolute Gasteiger partial charge is 0.250 e. The molecule has 3 N–H and O–H groups in total. The second kappa shape index (κ2) is 7.53. The fourth-order valence-electron chi connectivity index (χ4n) is 2.61. The number of ether oxygens (including phenoxy) is 1. The zero-order valence-corrected chi connectivity index (χ0v) is 14.0.